The number of carboxylic acid groups (broad SMARTS) is 1. The molecule has 162 valence electrons. The molecule has 0 saturated carbocycles. The Hall–Kier alpha value is -2.35. The number of aliphatic carboxylic acids is 1. The number of aromatic nitrogens is 1. The lowest BCUT2D eigenvalue weighted by atomic mass is 9.95. The molecule has 0 amide bonds. The standard InChI is InChI=1S/C22H25F2NO4S/c1-3-4-5-6-7-8-14-18(13-9-10-15(23)16(24)11-13)21-25(20(26)19(14)29-2)17(12-30-21)22(27)28/h9-11,17H,3-8,12H2,1-2H3,(H,27,28). The smallest absolute Gasteiger partial charge is 0.327 e. The lowest BCUT2D eigenvalue weighted by Gasteiger charge is -2.20. The van der Waals surface area contributed by atoms with Crippen LogP contribution in [0.5, 0.6) is 5.75 Å². The summed E-state index contributed by atoms with van der Waals surface area (Å²) in [4.78, 5) is 24.8. The maximum absolute atomic E-state index is 14.0. The van der Waals surface area contributed by atoms with E-state index in [1.54, 1.807) is 0 Å². The second-order valence-electron chi connectivity index (χ2n) is 7.33. The number of fused-ring (bicyclic) bond motifs is 1. The highest BCUT2D eigenvalue weighted by molar-refractivity contribution is 7.99. The van der Waals surface area contributed by atoms with Crippen LogP contribution in [-0.4, -0.2) is 28.5 Å². The van der Waals surface area contributed by atoms with Gasteiger partial charge in [0.25, 0.3) is 5.56 Å². The van der Waals surface area contributed by atoms with Crippen molar-refractivity contribution in [1.82, 2.24) is 4.57 Å². The van der Waals surface area contributed by atoms with Crippen molar-refractivity contribution in [3.63, 3.8) is 0 Å². The summed E-state index contributed by atoms with van der Waals surface area (Å²) in [6.07, 6.45) is 5.61. The first kappa shape index (κ1) is 22.3. The van der Waals surface area contributed by atoms with Crippen LogP contribution in [0.15, 0.2) is 28.0 Å². The number of hydrogen-bond donors (Lipinski definition) is 1. The third-order valence-corrected chi connectivity index (χ3v) is 6.50. The van der Waals surface area contributed by atoms with Crippen molar-refractivity contribution in [3.05, 3.63) is 45.8 Å². The Morgan fingerprint density at radius 3 is 2.60 bits per heavy atom. The molecule has 2 heterocycles. The molecule has 1 aromatic carbocycles. The fourth-order valence-corrected chi connectivity index (χ4v) is 5.18. The fraction of sp³-hybridized carbons (Fsp3) is 0.455. The van der Waals surface area contributed by atoms with E-state index in [0.29, 0.717) is 28.1 Å². The Morgan fingerprint density at radius 2 is 1.97 bits per heavy atom. The van der Waals surface area contributed by atoms with Crippen LogP contribution in [0.1, 0.15) is 50.6 Å². The summed E-state index contributed by atoms with van der Waals surface area (Å²) in [6, 6.07) is 2.55. The van der Waals surface area contributed by atoms with Gasteiger partial charge in [0.2, 0.25) is 0 Å². The van der Waals surface area contributed by atoms with E-state index >= 15 is 0 Å². The largest absolute Gasteiger partial charge is 0.491 e. The molecule has 1 aromatic heterocycles. The molecular formula is C22H25F2NO4S. The number of ether oxygens (including phenoxy) is 1. The zero-order valence-electron chi connectivity index (χ0n) is 17.0. The van der Waals surface area contributed by atoms with Gasteiger partial charge in [0, 0.05) is 16.9 Å². The summed E-state index contributed by atoms with van der Waals surface area (Å²) in [5, 5.41) is 10.0. The number of carbonyl (C=O) groups is 1. The molecule has 1 unspecified atom stereocenters. The van der Waals surface area contributed by atoms with Gasteiger partial charge in [-0.1, -0.05) is 38.7 Å². The van der Waals surface area contributed by atoms with Crippen LogP contribution in [0.25, 0.3) is 11.1 Å². The number of unbranched alkanes of at least 4 members (excludes halogenated alkanes) is 4. The SMILES string of the molecule is CCCCCCCc1c(-c2ccc(F)c(F)c2)c2n(c(=O)c1OC)C(C(=O)O)CS2. The van der Waals surface area contributed by atoms with Crippen molar-refractivity contribution in [3.8, 4) is 16.9 Å². The molecule has 0 radical (unpaired) electrons. The molecule has 1 N–H and O–H groups in total. The highest BCUT2D eigenvalue weighted by Crippen LogP contribution is 2.44. The predicted molar refractivity (Wildman–Crippen MR) is 112 cm³/mol. The molecule has 0 spiro atoms. The maximum Gasteiger partial charge on any atom is 0.327 e. The number of thioether (sulfide) groups is 1. The van der Waals surface area contributed by atoms with E-state index in [4.69, 9.17) is 4.74 Å². The average Bonchev–Trinajstić information content (AvgIpc) is 3.16. The van der Waals surface area contributed by atoms with Crippen LogP contribution in [0.3, 0.4) is 0 Å². The number of benzene rings is 1. The Balaban J connectivity index is 2.19. The van der Waals surface area contributed by atoms with E-state index in [-0.39, 0.29) is 11.5 Å². The fourth-order valence-electron chi connectivity index (χ4n) is 3.84. The van der Waals surface area contributed by atoms with Crippen molar-refractivity contribution >= 4 is 17.7 Å². The van der Waals surface area contributed by atoms with Gasteiger partial charge < -0.3 is 9.84 Å². The molecule has 0 aliphatic carbocycles. The lowest BCUT2D eigenvalue weighted by Crippen LogP contribution is -2.30. The Kier molecular flexibility index (Phi) is 7.18. The van der Waals surface area contributed by atoms with E-state index in [0.717, 1.165) is 44.2 Å². The summed E-state index contributed by atoms with van der Waals surface area (Å²) >= 11 is 1.24. The second kappa shape index (κ2) is 9.64. The Morgan fingerprint density at radius 1 is 1.23 bits per heavy atom. The summed E-state index contributed by atoms with van der Waals surface area (Å²) < 4.78 is 34.2. The lowest BCUT2D eigenvalue weighted by molar-refractivity contribution is -0.140. The minimum absolute atomic E-state index is 0.0720. The van der Waals surface area contributed by atoms with Crippen LogP contribution in [0.4, 0.5) is 8.78 Å². The summed E-state index contributed by atoms with van der Waals surface area (Å²) in [5.41, 5.74) is 1.07. The number of nitrogens with zero attached hydrogens (tertiary/aromatic N) is 1. The summed E-state index contributed by atoms with van der Waals surface area (Å²) in [7, 11) is 1.37. The highest BCUT2D eigenvalue weighted by Gasteiger charge is 2.35. The van der Waals surface area contributed by atoms with Gasteiger partial charge in [-0.2, -0.15) is 0 Å². The van der Waals surface area contributed by atoms with E-state index in [1.165, 1.54) is 29.5 Å². The highest BCUT2D eigenvalue weighted by atomic mass is 32.2. The van der Waals surface area contributed by atoms with Crippen molar-refractivity contribution < 1.29 is 23.4 Å². The van der Waals surface area contributed by atoms with Gasteiger partial charge in [-0.05, 0) is 30.5 Å². The summed E-state index contributed by atoms with van der Waals surface area (Å²) in [5.74, 6) is -2.82. The Labute approximate surface area is 178 Å². The first-order chi connectivity index (χ1) is 14.4. The van der Waals surface area contributed by atoms with Crippen molar-refractivity contribution in [2.24, 2.45) is 0 Å². The average molecular weight is 438 g/mol. The number of methoxy groups -OCH3 is 1. The zero-order valence-corrected chi connectivity index (χ0v) is 17.9. The predicted octanol–water partition coefficient (Wildman–Crippen LogP) is 5.05. The van der Waals surface area contributed by atoms with Crippen LogP contribution >= 0.6 is 11.8 Å². The van der Waals surface area contributed by atoms with Crippen LogP contribution < -0.4 is 10.3 Å². The van der Waals surface area contributed by atoms with Gasteiger partial charge in [-0.3, -0.25) is 9.36 Å². The minimum Gasteiger partial charge on any atom is -0.491 e. The quantitative estimate of drug-likeness (QED) is 0.556. The number of carboxylic acids is 1. The minimum atomic E-state index is -1.12. The van der Waals surface area contributed by atoms with Crippen LogP contribution in [0, 0.1) is 11.6 Å². The second-order valence-corrected chi connectivity index (χ2v) is 8.33. The molecule has 1 atom stereocenters. The molecule has 8 heteroatoms. The van der Waals surface area contributed by atoms with Gasteiger partial charge in [-0.25, -0.2) is 13.6 Å². The topological polar surface area (TPSA) is 68.5 Å². The number of halogens is 2. The molecule has 1 aliphatic rings. The third-order valence-electron chi connectivity index (χ3n) is 5.34. The first-order valence-electron chi connectivity index (χ1n) is 10.1. The molecule has 5 nitrogen and oxygen atoms in total. The molecule has 30 heavy (non-hydrogen) atoms. The van der Waals surface area contributed by atoms with Gasteiger partial charge in [0.15, 0.2) is 17.4 Å². The van der Waals surface area contributed by atoms with Gasteiger partial charge in [0.05, 0.1) is 12.1 Å². The van der Waals surface area contributed by atoms with Gasteiger partial charge in [-0.15, -0.1) is 11.8 Å². The van der Waals surface area contributed by atoms with Gasteiger partial charge >= 0.3 is 5.97 Å². The molecule has 0 bridgehead atoms. The van der Waals surface area contributed by atoms with Crippen molar-refractivity contribution in [1.29, 1.82) is 0 Å². The van der Waals surface area contributed by atoms with E-state index in [9.17, 15) is 23.5 Å². The molecule has 0 saturated heterocycles. The van der Waals surface area contributed by atoms with Crippen molar-refractivity contribution in [2.75, 3.05) is 12.9 Å². The van der Waals surface area contributed by atoms with E-state index in [1.807, 2.05) is 0 Å². The van der Waals surface area contributed by atoms with Crippen molar-refractivity contribution in [2.45, 2.75) is 56.5 Å². The van der Waals surface area contributed by atoms with Crippen LogP contribution in [-0.2, 0) is 11.2 Å². The zero-order chi connectivity index (χ0) is 21.8. The summed E-state index contributed by atoms with van der Waals surface area (Å²) in [6.45, 7) is 2.13. The molecule has 2 aromatic rings. The first-order valence-corrected chi connectivity index (χ1v) is 11.1. The number of pyridine rings is 1. The molecule has 1 aliphatic heterocycles. The Bertz CT molecular complexity index is 1010. The molecule has 3 rings (SSSR count). The normalized spacial score (nSPS) is 15.3. The molecule has 0 fully saturated rings. The number of rotatable bonds is 9. The number of hydrogen-bond acceptors (Lipinski definition) is 4. The third kappa shape index (κ3) is 4.24. The monoisotopic (exact) mass is 437 g/mol. The molecular weight excluding hydrogens is 412 g/mol. The van der Waals surface area contributed by atoms with E-state index < -0.39 is 29.2 Å². The van der Waals surface area contributed by atoms with Crippen LogP contribution in [0.2, 0.25) is 0 Å². The maximum atomic E-state index is 14.0. The van der Waals surface area contributed by atoms with E-state index in [2.05, 4.69) is 6.92 Å². The van der Waals surface area contributed by atoms with Gasteiger partial charge in [0.1, 0.15) is 6.04 Å².